The van der Waals surface area contributed by atoms with Crippen molar-refractivity contribution in [1.29, 1.82) is 0 Å². The summed E-state index contributed by atoms with van der Waals surface area (Å²) in [6.07, 6.45) is 1.98. The van der Waals surface area contributed by atoms with E-state index in [4.69, 9.17) is 9.73 Å². The maximum atomic E-state index is 8.95. The maximum absolute atomic E-state index is 8.95. The molecular weight excluding hydrogens is 348 g/mol. The van der Waals surface area contributed by atoms with E-state index in [0.29, 0.717) is 11.7 Å². The minimum atomic E-state index is 0.450. The number of thioether (sulfide) groups is 1. The molecule has 0 atom stereocenters. The summed E-state index contributed by atoms with van der Waals surface area (Å²) in [5.41, 5.74) is 5.43. The second-order valence-electron chi connectivity index (χ2n) is 5.60. The third-order valence-electron chi connectivity index (χ3n) is 4.01. The number of nitrogens with one attached hydrogen (secondary N) is 1. The molecular formula is C19H16N4O2S. The van der Waals surface area contributed by atoms with Crippen LogP contribution in [0.2, 0.25) is 0 Å². The Morgan fingerprint density at radius 2 is 1.92 bits per heavy atom. The molecule has 2 N–H and O–H groups in total. The van der Waals surface area contributed by atoms with Crippen LogP contribution in [0.3, 0.4) is 0 Å². The minimum absolute atomic E-state index is 0.450. The largest absolute Gasteiger partial charge is 0.334 e. The number of nitrogens with zero attached hydrogens (tertiary/aromatic N) is 3. The predicted molar refractivity (Wildman–Crippen MR) is 102 cm³/mol. The van der Waals surface area contributed by atoms with Gasteiger partial charge in [-0.15, -0.1) is 11.8 Å². The van der Waals surface area contributed by atoms with Crippen LogP contribution in [0.15, 0.2) is 69.0 Å². The van der Waals surface area contributed by atoms with Crippen LogP contribution in [-0.2, 0) is 0 Å². The zero-order chi connectivity index (χ0) is 17.8. The van der Waals surface area contributed by atoms with Crippen LogP contribution >= 0.6 is 11.8 Å². The number of aromatic nitrogens is 2. The van der Waals surface area contributed by atoms with E-state index < -0.39 is 0 Å². The number of hydrogen-bond donors (Lipinski definition) is 2. The van der Waals surface area contributed by atoms with E-state index in [1.54, 1.807) is 11.8 Å². The van der Waals surface area contributed by atoms with Gasteiger partial charge in [-0.05, 0) is 12.5 Å². The summed E-state index contributed by atoms with van der Waals surface area (Å²) in [6, 6.07) is 17.7. The highest BCUT2D eigenvalue weighted by Gasteiger charge is 2.22. The lowest BCUT2D eigenvalue weighted by molar-refractivity contribution is 0.240. The zero-order valence-electron chi connectivity index (χ0n) is 13.8. The van der Waals surface area contributed by atoms with Crippen LogP contribution in [-0.4, -0.2) is 27.4 Å². The van der Waals surface area contributed by atoms with Crippen molar-refractivity contribution in [2.24, 2.45) is 4.99 Å². The third kappa shape index (κ3) is 3.26. The molecule has 26 heavy (non-hydrogen) atoms. The number of aliphatic imine (C=N–C) groups is 1. The fourth-order valence-corrected chi connectivity index (χ4v) is 3.85. The van der Waals surface area contributed by atoms with E-state index in [2.05, 4.69) is 21.2 Å². The van der Waals surface area contributed by atoms with Crippen LogP contribution in [0.4, 0.5) is 0 Å². The minimum Gasteiger partial charge on any atom is -0.334 e. The topological polar surface area (TPSA) is 83.5 Å². The maximum Gasteiger partial charge on any atom is 0.256 e. The Hall–Kier alpha value is -2.90. The highest BCUT2D eigenvalue weighted by Crippen LogP contribution is 2.39. The van der Waals surface area contributed by atoms with Gasteiger partial charge in [-0.3, -0.25) is 10.7 Å². The lowest BCUT2D eigenvalue weighted by Gasteiger charge is -2.07. The Labute approximate surface area is 154 Å². The summed E-state index contributed by atoms with van der Waals surface area (Å²) in [5, 5.41) is 13.1. The number of hydroxylamine groups is 1. The van der Waals surface area contributed by atoms with Gasteiger partial charge in [-0.2, -0.15) is 4.98 Å². The van der Waals surface area contributed by atoms with Gasteiger partial charge in [-0.1, -0.05) is 53.7 Å². The van der Waals surface area contributed by atoms with Crippen molar-refractivity contribution in [3.8, 4) is 11.4 Å². The number of benzene rings is 2. The van der Waals surface area contributed by atoms with Gasteiger partial charge in [0.15, 0.2) is 0 Å². The monoisotopic (exact) mass is 364 g/mol. The molecule has 1 aliphatic heterocycles. The average molecular weight is 364 g/mol. The van der Waals surface area contributed by atoms with Gasteiger partial charge in [0.05, 0.1) is 5.70 Å². The van der Waals surface area contributed by atoms with Crippen LogP contribution in [0.5, 0.6) is 0 Å². The Morgan fingerprint density at radius 3 is 2.77 bits per heavy atom. The zero-order valence-corrected chi connectivity index (χ0v) is 14.6. The van der Waals surface area contributed by atoms with Crippen molar-refractivity contribution in [2.45, 2.75) is 11.3 Å². The normalized spacial score (nSPS) is 14.3. The van der Waals surface area contributed by atoms with E-state index in [9.17, 15) is 0 Å². The van der Waals surface area contributed by atoms with E-state index >= 15 is 0 Å². The first-order valence-corrected chi connectivity index (χ1v) is 9.12. The van der Waals surface area contributed by atoms with Crippen molar-refractivity contribution >= 4 is 29.4 Å². The van der Waals surface area contributed by atoms with E-state index in [-0.39, 0.29) is 0 Å². The van der Waals surface area contributed by atoms with Crippen LogP contribution in [0, 0.1) is 0 Å². The van der Waals surface area contributed by atoms with Crippen LogP contribution in [0.1, 0.15) is 17.9 Å². The molecule has 3 aromatic rings. The average Bonchev–Trinajstić information content (AvgIpc) is 3.11. The van der Waals surface area contributed by atoms with Gasteiger partial charge in [-0.25, -0.2) is 4.99 Å². The Morgan fingerprint density at radius 1 is 1.12 bits per heavy atom. The van der Waals surface area contributed by atoms with Crippen molar-refractivity contribution in [3.63, 3.8) is 0 Å². The molecule has 2 heterocycles. The molecule has 6 nitrogen and oxygen atoms in total. The van der Waals surface area contributed by atoms with Gasteiger partial charge in [0, 0.05) is 27.3 Å². The Kier molecular flexibility index (Phi) is 4.81. The molecule has 7 heteroatoms. The first kappa shape index (κ1) is 16.6. The molecule has 2 aromatic carbocycles. The quantitative estimate of drug-likeness (QED) is 0.412. The Balaban J connectivity index is 1.83. The number of rotatable bonds is 4. The number of hydrogen-bond acceptors (Lipinski definition) is 6. The Bertz CT molecular complexity index is 966. The lowest BCUT2D eigenvalue weighted by atomic mass is 10.0. The molecule has 0 unspecified atom stereocenters. The summed E-state index contributed by atoms with van der Waals surface area (Å²) in [6.45, 7) is 0. The van der Waals surface area contributed by atoms with Gasteiger partial charge in [0.25, 0.3) is 5.89 Å². The van der Waals surface area contributed by atoms with Crippen molar-refractivity contribution in [3.05, 3.63) is 66.1 Å². The molecule has 0 saturated heterocycles. The fraction of sp³-hybridized carbons (Fsp3) is 0.105. The van der Waals surface area contributed by atoms with Crippen molar-refractivity contribution in [1.82, 2.24) is 15.6 Å². The van der Waals surface area contributed by atoms with Gasteiger partial charge in [0.1, 0.15) is 6.34 Å². The highest BCUT2D eigenvalue weighted by molar-refractivity contribution is 7.99. The second kappa shape index (κ2) is 7.55. The molecule has 0 bridgehead atoms. The standard InChI is InChI=1S/C19H16N4O2S/c24-21-12-20-17-14-8-4-5-9-16(14)26-11-10-15(17)19-22-18(23-25-19)13-6-2-1-3-7-13/h1-9,12,24H,10-11H2,(H,20,21). The fourth-order valence-electron chi connectivity index (χ4n) is 2.83. The first-order chi connectivity index (χ1) is 12.9. The SMILES string of the molecule is ONC=NC1=C(c2nc(-c3ccccc3)no2)CCSc2ccccc21. The van der Waals surface area contributed by atoms with Crippen molar-refractivity contribution in [2.75, 3.05) is 5.75 Å². The van der Waals surface area contributed by atoms with E-state index in [1.807, 2.05) is 54.0 Å². The van der Waals surface area contributed by atoms with Gasteiger partial charge < -0.3 is 4.52 Å². The smallest absolute Gasteiger partial charge is 0.256 e. The molecule has 0 spiro atoms. The third-order valence-corrected chi connectivity index (χ3v) is 5.08. The van der Waals surface area contributed by atoms with Crippen molar-refractivity contribution < 1.29 is 9.73 Å². The summed E-state index contributed by atoms with van der Waals surface area (Å²) in [7, 11) is 0. The van der Waals surface area contributed by atoms with Gasteiger partial charge in [0.2, 0.25) is 5.82 Å². The molecule has 0 amide bonds. The molecule has 4 rings (SSSR count). The molecule has 1 aliphatic rings. The van der Waals surface area contributed by atoms with Crippen LogP contribution < -0.4 is 5.48 Å². The molecule has 130 valence electrons. The number of allylic oxidation sites excluding steroid dienone is 1. The summed E-state index contributed by atoms with van der Waals surface area (Å²) in [4.78, 5) is 10.1. The first-order valence-electron chi connectivity index (χ1n) is 8.14. The summed E-state index contributed by atoms with van der Waals surface area (Å²) < 4.78 is 5.55. The number of fused-ring (bicyclic) bond motifs is 1. The second-order valence-corrected chi connectivity index (χ2v) is 6.73. The highest BCUT2D eigenvalue weighted by atomic mass is 32.2. The molecule has 1 aromatic heterocycles. The van der Waals surface area contributed by atoms with Gasteiger partial charge >= 0.3 is 0 Å². The summed E-state index contributed by atoms with van der Waals surface area (Å²) >= 11 is 1.76. The lowest BCUT2D eigenvalue weighted by Crippen LogP contribution is -2.03. The molecule has 0 aliphatic carbocycles. The summed E-state index contributed by atoms with van der Waals surface area (Å²) in [5.74, 6) is 1.87. The van der Waals surface area contributed by atoms with Crippen LogP contribution in [0.25, 0.3) is 22.7 Å². The van der Waals surface area contributed by atoms with E-state index in [0.717, 1.165) is 39.5 Å². The molecule has 0 saturated carbocycles. The molecule has 0 radical (unpaired) electrons. The molecule has 0 fully saturated rings. The predicted octanol–water partition coefficient (Wildman–Crippen LogP) is 4.11. The van der Waals surface area contributed by atoms with E-state index in [1.165, 1.54) is 6.34 Å².